The molecular formula is C11H11N5O2S. The molecule has 0 aliphatic heterocycles. The standard InChI is InChI=1S/C11H11N5O2S/c17-7-1-2-9-8-12-11(19-9)14-10(18)3-5-16-6-4-13-15-16/h4,6,8,17H,3,5,7H2,(H,12,14,18). The average Bonchev–Trinajstić information content (AvgIpc) is 3.05. The van der Waals surface area contributed by atoms with E-state index in [2.05, 4.69) is 32.5 Å². The van der Waals surface area contributed by atoms with E-state index in [-0.39, 0.29) is 12.5 Å². The highest BCUT2D eigenvalue weighted by Crippen LogP contribution is 2.16. The lowest BCUT2D eigenvalue weighted by atomic mass is 10.4. The van der Waals surface area contributed by atoms with Crippen LogP contribution >= 0.6 is 11.3 Å². The number of aromatic nitrogens is 4. The lowest BCUT2D eigenvalue weighted by Gasteiger charge is -2.00. The third kappa shape index (κ3) is 4.17. The summed E-state index contributed by atoms with van der Waals surface area (Å²) >= 11 is 1.26. The summed E-state index contributed by atoms with van der Waals surface area (Å²) in [6.45, 7) is 0.270. The molecule has 0 aromatic carbocycles. The number of carbonyl (C=O) groups is 1. The first-order valence-corrected chi connectivity index (χ1v) is 6.29. The molecular weight excluding hydrogens is 266 g/mol. The minimum absolute atomic E-state index is 0.147. The molecule has 0 radical (unpaired) electrons. The van der Waals surface area contributed by atoms with Gasteiger partial charge in [0.05, 0.1) is 23.8 Å². The second-order valence-corrected chi connectivity index (χ2v) is 4.48. The van der Waals surface area contributed by atoms with Crippen molar-refractivity contribution < 1.29 is 9.90 Å². The van der Waals surface area contributed by atoms with Crippen LogP contribution in [0.15, 0.2) is 18.6 Å². The Bertz CT molecular complexity index is 596. The number of aliphatic hydroxyl groups is 1. The maximum absolute atomic E-state index is 11.6. The van der Waals surface area contributed by atoms with Gasteiger partial charge in [-0.2, -0.15) is 0 Å². The maximum Gasteiger partial charge on any atom is 0.228 e. The zero-order valence-electron chi connectivity index (χ0n) is 9.91. The Morgan fingerprint density at radius 2 is 2.47 bits per heavy atom. The fraction of sp³-hybridized carbons (Fsp3) is 0.273. The van der Waals surface area contributed by atoms with Gasteiger partial charge in [-0.25, -0.2) is 4.98 Å². The number of aliphatic hydroxyl groups excluding tert-OH is 1. The Labute approximate surface area is 113 Å². The molecule has 8 heteroatoms. The number of rotatable bonds is 4. The van der Waals surface area contributed by atoms with Crippen molar-refractivity contribution in [2.24, 2.45) is 0 Å². The van der Waals surface area contributed by atoms with Gasteiger partial charge < -0.3 is 10.4 Å². The van der Waals surface area contributed by atoms with Crippen molar-refractivity contribution in [3.05, 3.63) is 23.5 Å². The van der Waals surface area contributed by atoms with Gasteiger partial charge in [0, 0.05) is 12.6 Å². The quantitative estimate of drug-likeness (QED) is 0.774. The van der Waals surface area contributed by atoms with E-state index in [0.717, 1.165) is 0 Å². The molecule has 0 spiro atoms. The van der Waals surface area contributed by atoms with Crippen molar-refractivity contribution >= 4 is 22.4 Å². The van der Waals surface area contributed by atoms with Gasteiger partial charge in [-0.3, -0.25) is 9.48 Å². The number of nitrogens with zero attached hydrogens (tertiary/aromatic N) is 4. The second-order valence-electron chi connectivity index (χ2n) is 3.45. The van der Waals surface area contributed by atoms with Crippen molar-refractivity contribution in [1.82, 2.24) is 20.0 Å². The zero-order chi connectivity index (χ0) is 13.5. The average molecular weight is 277 g/mol. The summed E-state index contributed by atoms with van der Waals surface area (Å²) in [7, 11) is 0. The lowest BCUT2D eigenvalue weighted by Crippen LogP contribution is -2.14. The number of thiazole rings is 1. The van der Waals surface area contributed by atoms with Crippen molar-refractivity contribution in [3.8, 4) is 11.8 Å². The van der Waals surface area contributed by atoms with Gasteiger partial charge >= 0.3 is 0 Å². The highest BCUT2D eigenvalue weighted by Gasteiger charge is 2.06. The Morgan fingerprint density at radius 1 is 1.58 bits per heavy atom. The summed E-state index contributed by atoms with van der Waals surface area (Å²) in [5.74, 6) is 5.10. The molecule has 0 saturated heterocycles. The minimum Gasteiger partial charge on any atom is -0.384 e. The van der Waals surface area contributed by atoms with Crippen LogP contribution in [0.3, 0.4) is 0 Å². The van der Waals surface area contributed by atoms with E-state index in [1.54, 1.807) is 23.3 Å². The van der Waals surface area contributed by atoms with E-state index in [1.165, 1.54) is 11.3 Å². The molecule has 0 aliphatic rings. The number of hydrogen-bond acceptors (Lipinski definition) is 6. The molecule has 0 saturated carbocycles. The second kappa shape index (κ2) is 6.63. The first kappa shape index (κ1) is 13.2. The van der Waals surface area contributed by atoms with Crippen LogP contribution < -0.4 is 5.32 Å². The van der Waals surface area contributed by atoms with E-state index in [0.29, 0.717) is 23.0 Å². The molecule has 0 aliphatic carbocycles. The Balaban J connectivity index is 1.83. The summed E-state index contributed by atoms with van der Waals surface area (Å²) in [5.41, 5.74) is 0. The monoisotopic (exact) mass is 277 g/mol. The van der Waals surface area contributed by atoms with Gasteiger partial charge in [-0.05, 0) is 0 Å². The van der Waals surface area contributed by atoms with Crippen LogP contribution in [0.4, 0.5) is 5.13 Å². The summed E-state index contributed by atoms with van der Waals surface area (Å²) < 4.78 is 1.58. The smallest absolute Gasteiger partial charge is 0.228 e. The van der Waals surface area contributed by atoms with E-state index < -0.39 is 0 Å². The van der Waals surface area contributed by atoms with Crippen molar-refractivity contribution in [2.45, 2.75) is 13.0 Å². The molecule has 2 heterocycles. The molecule has 1 amide bonds. The van der Waals surface area contributed by atoms with Crippen LogP contribution in [0.25, 0.3) is 0 Å². The van der Waals surface area contributed by atoms with Crippen LogP contribution in [-0.2, 0) is 11.3 Å². The van der Waals surface area contributed by atoms with Gasteiger partial charge in [-0.15, -0.1) is 5.10 Å². The van der Waals surface area contributed by atoms with Crippen LogP contribution in [0.1, 0.15) is 11.3 Å². The molecule has 2 N–H and O–H groups in total. The first-order chi connectivity index (χ1) is 9.28. The number of nitrogens with one attached hydrogen (secondary N) is 1. The fourth-order valence-electron chi connectivity index (χ4n) is 1.27. The Hall–Kier alpha value is -2.24. The molecule has 0 unspecified atom stereocenters. The summed E-state index contributed by atoms with van der Waals surface area (Å²) in [6.07, 6.45) is 5.10. The van der Waals surface area contributed by atoms with Crippen molar-refractivity contribution in [2.75, 3.05) is 11.9 Å². The Morgan fingerprint density at radius 3 is 3.21 bits per heavy atom. The molecule has 0 bridgehead atoms. The minimum atomic E-state index is -0.197. The molecule has 98 valence electrons. The summed E-state index contributed by atoms with van der Waals surface area (Å²) in [6, 6.07) is 0. The highest BCUT2D eigenvalue weighted by molar-refractivity contribution is 7.16. The van der Waals surface area contributed by atoms with Gasteiger partial charge in [-0.1, -0.05) is 28.4 Å². The largest absolute Gasteiger partial charge is 0.384 e. The number of anilines is 1. The number of aryl methyl sites for hydroxylation is 1. The fourth-order valence-corrected chi connectivity index (χ4v) is 1.97. The number of hydrogen-bond donors (Lipinski definition) is 2. The van der Waals surface area contributed by atoms with Gasteiger partial charge in [0.1, 0.15) is 6.61 Å². The molecule has 0 atom stereocenters. The summed E-state index contributed by atoms with van der Waals surface area (Å²) in [5, 5.41) is 19.2. The topological polar surface area (TPSA) is 92.9 Å². The van der Waals surface area contributed by atoms with Crippen LogP contribution in [0.2, 0.25) is 0 Å². The third-order valence-electron chi connectivity index (χ3n) is 2.08. The van der Waals surface area contributed by atoms with Gasteiger partial charge in [0.25, 0.3) is 0 Å². The number of amides is 1. The first-order valence-electron chi connectivity index (χ1n) is 5.47. The molecule has 2 rings (SSSR count). The zero-order valence-corrected chi connectivity index (χ0v) is 10.7. The van der Waals surface area contributed by atoms with Crippen molar-refractivity contribution in [3.63, 3.8) is 0 Å². The predicted molar refractivity (Wildman–Crippen MR) is 69.3 cm³/mol. The number of carbonyl (C=O) groups excluding carboxylic acids is 1. The summed E-state index contributed by atoms with van der Waals surface area (Å²) in [4.78, 5) is 16.4. The molecule has 2 aromatic rings. The molecule has 7 nitrogen and oxygen atoms in total. The van der Waals surface area contributed by atoms with E-state index >= 15 is 0 Å². The molecule has 0 fully saturated rings. The van der Waals surface area contributed by atoms with Gasteiger partial charge in [0.15, 0.2) is 5.13 Å². The van der Waals surface area contributed by atoms with Crippen LogP contribution in [-0.4, -0.2) is 37.6 Å². The predicted octanol–water partition coefficient (Wildman–Crippen LogP) is 0.107. The SMILES string of the molecule is O=C(CCn1ccnn1)Nc1ncc(C#CCO)s1. The highest BCUT2D eigenvalue weighted by atomic mass is 32.1. The maximum atomic E-state index is 11.6. The van der Waals surface area contributed by atoms with Crippen LogP contribution in [0, 0.1) is 11.8 Å². The van der Waals surface area contributed by atoms with Crippen molar-refractivity contribution in [1.29, 1.82) is 0 Å². The lowest BCUT2D eigenvalue weighted by molar-refractivity contribution is -0.116. The van der Waals surface area contributed by atoms with E-state index in [4.69, 9.17) is 5.11 Å². The van der Waals surface area contributed by atoms with Gasteiger partial charge in [0.2, 0.25) is 5.91 Å². The van der Waals surface area contributed by atoms with E-state index in [1.807, 2.05) is 0 Å². The third-order valence-corrected chi connectivity index (χ3v) is 2.91. The van der Waals surface area contributed by atoms with E-state index in [9.17, 15) is 4.79 Å². The molecule has 19 heavy (non-hydrogen) atoms. The Kier molecular flexibility index (Phi) is 4.60. The van der Waals surface area contributed by atoms with Crippen LogP contribution in [0.5, 0.6) is 0 Å². The molecule has 2 aromatic heterocycles. The normalized spacial score (nSPS) is 9.74.